The van der Waals surface area contributed by atoms with E-state index < -0.39 is 10.3 Å². The monoisotopic (exact) mass is 452 g/mol. The van der Waals surface area contributed by atoms with Gasteiger partial charge in [0.05, 0.1) is 20.9 Å². The summed E-state index contributed by atoms with van der Waals surface area (Å²) in [5.74, 6) is 0.501. The molecular weight excluding hydrogens is 436 g/mol. The van der Waals surface area contributed by atoms with Gasteiger partial charge < -0.3 is 15.4 Å². The highest BCUT2D eigenvalue weighted by atomic mass is 79.9. The van der Waals surface area contributed by atoms with Crippen LogP contribution in [0, 0.1) is 27.4 Å². The van der Waals surface area contributed by atoms with Crippen LogP contribution in [0.15, 0.2) is 16.3 Å². The summed E-state index contributed by atoms with van der Waals surface area (Å²) < 4.78 is 2.54. The molecular formula is C16H17BrN6O3S. The van der Waals surface area contributed by atoms with Gasteiger partial charge in [0.1, 0.15) is 0 Å². The standard InChI is InChI=1S/C16H17BrN6O3S/c17-11-6-18-14(27-11)20-12(24)15-2-9-1-10(3-15)5-16(4-9,7-15)22-8-19-13(21-22)23(25)26/h6,8-10H,1-5,7H2,(H,18,20,24). The Morgan fingerprint density at radius 3 is 2.67 bits per heavy atom. The summed E-state index contributed by atoms with van der Waals surface area (Å²) in [6.07, 6.45) is 8.44. The molecule has 1 amide bonds. The number of hydrogen-bond acceptors (Lipinski definition) is 7. The number of nitrogens with zero attached hydrogens (tertiary/aromatic N) is 5. The number of aromatic nitrogens is 4. The number of carbonyl (C=O) groups is 1. The Kier molecular flexibility index (Phi) is 3.71. The number of thiazole rings is 1. The minimum atomic E-state index is -0.570. The lowest BCUT2D eigenvalue weighted by atomic mass is 9.46. The number of nitrogens with one attached hydrogen (secondary N) is 1. The molecule has 2 aromatic heterocycles. The molecule has 0 aromatic carbocycles. The second kappa shape index (κ2) is 5.81. The van der Waals surface area contributed by atoms with Crippen molar-refractivity contribution in [1.82, 2.24) is 19.7 Å². The number of nitro groups is 1. The average Bonchev–Trinajstić information content (AvgIpc) is 3.23. The van der Waals surface area contributed by atoms with Crippen molar-refractivity contribution in [3.63, 3.8) is 0 Å². The zero-order valence-electron chi connectivity index (χ0n) is 14.3. The van der Waals surface area contributed by atoms with Crippen molar-refractivity contribution in [1.29, 1.82) is 0 Å². The van der Waals surface area contributed by atoms with Crippen LogP contribution < -0.4 is 5.32 Å². The average molecular weight is 453 g/mol. The Balaban J connectivity index is 1.47. The number of rotatable bonds is 4. The van der Waals surface area contributed by atoms with Crippen LogP contribution in [0.2, 0.25) is 0 Å². The molecule has 1 N–H and O–H groups in total. The van der Waals surface area contributed by atoms with Gasteiger partial charge in [-0.15, -0.1) is 0 Å². The van der Waals surface area contributed by atoms with Gasteiger partial charge in [-0.25, -0.2) is 4.98 Å². The molecule has 0 spiro atoms. The van der Waals surface area contributed by atoms with Gasteiger partial charge in [0.25, 0.3) is 0 Å². The van der Waals surface area contributed by atoms with Gasteiger partial charge in [-0.1, -0.05) is 16.3 Å². The zero-order chi connectivity index (χ0) is 18.8. The Morgan fingerprint density at radius 2 is 2.07 bits per heavy atom. The van der Waals surface area contributed by atoms with E-state index in [9.17, 15) is 14.9 Å². The summed E-state index contributed by atoms with van der Waals surface area (Å²) in [5.41, 5.74) is -0.824. The predicted octanol–water partition coefficient (Wildman–Crippen LogP) is 3.34. The number of halogens is 1. The zero-order valence-corrected chi connectivity index (χ0v) is 16.7. The smallest absolute Gasteiger partial charge is 0.390 e. The van der Waals surface area contributed by atoms with Crippen molar-refractivity contribution in [2.75, 3.05) is 5.32 Å². The van der Waals surface area contributed by atoms with Crippen molar-refractivity contribution in [3.05, 3.63) is 26.4 Å². The molecule has 2 aromatic rings. The fourth-order valence-corrected chi connectivity index (χ4v) is 6.96. The van der Waals surface area contributed by atoms with Gasteiger partial charge in [-0.3, -0.25) is 4.79 Å². The van der Waals surface area contributed by atoms with Crippen LogP contribution in [0.1, 0.15) is 38.5 Å². The first-order chi connectivity index (χ1) is 12.9. The van der Waals surface area contributed by atoms with E-state index in [1.165, 1.54) is 17.7 Å². The molecule has 2 heterocycles. The number of hydrogen-bond donors (Lipinski definition) is 1. The van der Waals surface area contributed by atoms with Crippen molar-refractivity contribution in [2.24, 2.45) is 17.3 Å². The molecule has 11 heteroatoms. The van der Waals surface area contributed by atoms with Gasteiger partial charge >= 0.3 is 5.95 Å². The van der Waals surface area contributed by atoms with Gasteiger partial charge in [0.2, 0.25) is 12.2 Å². The third kappa shape index (κ3) is 2.70. The lowest BCUT2D eigenvalue weighted by Gasteiger charge is -2.60. The van der Waals surface area contributed by atoms with Crippen molar-refractivity contribution >= 4 is 44.3 Å². The lowest BCUT2D eigenvalue weighted by Crippen LogP contribution is -2.60. The molecule has 4 aliphatic rings. The third-order valence-electron chi connectivity index (χ3n) is 6.34. The molecule has 9 nitrogen and oxygen atoms in total. The Morgan fingerprint density at radius 1 is 1.33 bits per heavy atom. The fourth-order valence-electron chi connectivity index (χ4n) is 5.86. The summed E-state index contributed by atoms with van der Waals surface area (Å²) >= 11 is 4.76. The molecule has 2 atom stereocenters. The van der Waals surface area contributed by atoms with Gasteiger partial charge in [0, 0.05) is 5.10 Å². The Bertz CT molecular complexity index is 928. The maximum Gasteiger partial charge on any atom is 0.490 e. The molecule has 0 aliphatic heterocycles. The van der Waals surface area contributed by atoms with E-state index in [-0.39, 0.29) is 17.4 Å². The van der Waals surface area contributed by atoms with E-state index >= 15 is 0 Å². The largest absolute Gasteiger partial charge is 0.490 e. The van der Waals surface area contributed by atoms with Gasteiger partial charge in [-0.05, 0) is 71.2 Å². The number of anilines is 1. The number of carbonyl (C=O) groups excluding carboxylic acids is 1. The predicted molar refractivity (Wildman–Crippen MR) is 100 cm³/mol. The maximum absolute atomic E-state index is 13.2. The lowest BCUT2D eigenvalue weighted by molar-refractivity contribution is -0.394. The molecule has 4 saturated carbocycles. The van der Waals surface area contributed by atoms with Crippen molar-refractivity contribution in [2.45, 2.75) is 44.1 Å². The van der Waals surface area contributed by atoms with Crippen molar-refractivity contribution < 1.29 is 9.72 Å². The highest BCUT2D eigenvalue weighted by Crippen LogP contribution is 2.64. The van der Waals surface area contributed by atoms with E-state index in [0.717, 1.165) is 35.9 Å². The summed E-state index contributed by atoms with van der Waals surface area (Å²) in [7, 11) is 0. The first-order valence-corrected chi connectivity index (χ1v) is 10.5. The topological polar surface area (TPSA) is 116 Å². The summed E-state index contributed by atoms with van der Waals surface area (Å²) in [6, 6.07) is 0. The highest BCUT2D eigenvalue weighted by Gasteiger charge is 2.62. The first-order valence-electron chi connectivity index (χ1n) is 8.87. The minimum absolute atomic E-state index is 0.0115. The first kappa shape index (κ1) is 17.2. The highest BCUT2D eigenvalue weighted by molar-refractivity contribution is 9.11. The summed E-state index contributed by atoms with van der Waals surface area (Å²) in [6.45, 7) is 0. The molecule has 2 unspecified atom stereocenters. The second-order valence-electron chi connectivity index (χ2n) is 8.14. The van der Waals surface area contributed by atoms with Crippen LogP contribution in [0.5, 0.6) is 0 Å². The van der Waals surface area contributed by atoms with E-state index in [1.807, 2.05) is 0 Å². The molecule has 27 heavy (non-hydrogen) atoms. The number of amides is 1. The van der Waals surface area contributed by atoms with E-state index in [2.05, 4.69) is 36.3 Å². The molecule has 142 valence electrons. The van der Waals surface area contributed by atoms with E-state index in [4.69, 9.17) is 0 Å². The summed E-state index contributed by atoms with van der Waals surface area (Å²) in [4.78, 5) is 31.8. The van der Waals surface area contributed by atoms with Crippen molar-refractivity contribution in [3.8, 4) is 0 Å². The molecule has 4 aliphatic carbocycles. The van der Waals surface area contributed by atoms with Crippen LogP contribution in [-0.4, -0.2) is 30.6 Å². The Hall–Kier alpha value is -1.88. The van der Waals surface area contributed by atoms with Crippen LogP contribution >= 0.6 is 27.3 Å². The van der Waals surface area contributed by atoms with E-state index in [1.54, 1.807) is 10.9 Å². The molecule has 0 radical (unpaired) electrons. The van der Waals surface area contributed by atoms with Gasteiger partial charge in [0.15, 0.2) is 5.13 Å². The van der Waals surface area contributed by atoms with Gasteiger partial charge in [-0.2, -0.15) is 4.68 Å². The molecule has 4 bridgehead atoms. The quantitative estimate of drug-likeness (QED) is 0.561. The molecule has 6 rings (SSSR count). The SMILES string of the molecule is O=C(Nc1ncc(Br)s1)C12CC3CC(C1)CC(n1cnc([N+](=O)[O-])n1)(C3)C2. The van der Waals surface area contributed by atoms with Crippen LogP contribution in [0.4, 0.5) is 11.1 Å². The van der Waals surface area contributed by atoms with Crippen LogP contribution in [0.3, 0.4) is 0 Å². The fraction of sp³-hybridized carbons (Fsp3) is 0.625. The van der Waals surface area contributed by atoms with E-state index in [0.29, 0.717) is 23.4 Å². The van der Waals surface area contributed by atoms with Crippen LogP contribution in [0.25, 0.3) is 0 Å². The Labute approximate surface area is 166 Å². The maximum atomic E-state index is 13.2. The molecule has 4 fully saturated rings. The van der Waals surface area contributed by atoms with Crippen LogP contribution in [-0.2, 0) is 10.3 Å². The third-order valence-corrected chi connectivity index (χ3v) is 7.73. The summed E-state index contributed by atoms with van der Waals surface area (Å²) in [5, 5.41) is 18.7. The second-order valence-corrected chi connectivity index (χ2v) is 10.5. The molecule has 0 saturated heterocycles. The minimum Gasteiger partial charge on any atom is -0.390 e. The normalized spacial score (nSPS) is 34.0.